The van der Waals surface area contributed by atoms with E-state index in [4.69, 9.17) is 4.74 Å². The minimum atomic E-state index is -4.18. The second-order valence-corrected chi connectivity index (χ2v) is 6.54. The number of aliphatic imine (C=N–C) groups is 1. The summed E-state index contributed by atoms with van der Waals surface area (Å²) in [6.07, 6.45) is -3.07. The fourth-order valence-corrected chi connectivity index (χ4v) is 2.95. The molecule has 1 aromatic carbocycles. The van der Waals surface area contributed by atoms with Gasteiger partial charge in [-0.3, -0.25) is 9.89 Å². The predicted octanol–water partition coefficient (Wildman–Crippen LogP) is 2.78. The standard InChI is InChI=1S/C18H26F4N4O/c1-3-15(27-16-6-4-5-13(19)9-16)10-24-17(23-2)25-14-7-8-26(11-14)12-18(20,21)22/h4-6,9,14-15H,3,7-8,10-12H2,1-2H3,(H2,23,24,25). The highest BCUT2D eigenvalue weighted by atomic mass is 19.4. The Morgan fingerprint density at radius 1 is 1.41 bits per heavy atom. The van der Waals surface area contributed by atoms with Gasteiger partial charge < -0.3 is 15.4 Å². The van der Waals surface area contributed by atoms with Gasteiger partial charge in [-0.25, -0.2) is 4.39 Å². The van der Waals surface area contributed by atoms with Gasteiger partial charge in [-0.2, -0.15) is 13.2 Å². The molecule has 5 nitrogen and oxygen atoms in total. The maximum Gasteiger partial charge on any atom is 0.401 e. The first kappa shape index (κ1) is 21.3. The molecular weight excluding hydrogens is 364 g/mol. The molecule has 27 heavy (non-hydrogen) atoms. The molecule has 0 radical (unpaired) electrons. The van der Waals surface area contributed by atoms with E-state index in [2.05, 4.69) is 15.6 Å². The summed E-state index contributed by atoms with van der Waals surface area (Å²) in [5, 5.41) is 6.27. The molecule has 0 amide bonds. The molecule has 2 atom stereocenters. The molecule has 1 heterocycles. The van der Waals surface area contributed by atoms with Crippen LogP contribution in [0, 0.1) is 5.82 Å². The van der Waals surface area contributed by atoms with Crippen LogP contribution in [-0.4, -0.2) is 62.4 Å². The molecule has 0 saturated carbocycles. The summed E-state index contributed by atoms with van der Waals surface area (Å²) in [4.78, 5) is 5.50. The number of nitrogens with zero attached hydrogens (tertiary/aromatic N) is 2. The number of hydrogen-bond donors (Lipinski definition) is 2. The first-order valence-corrected chi connectivity index (χ1v) is 8.97. The average molecular weight is 390 g/mol. The Balaban J connectivity index is 1.79. The second-order valence-electron chi connectivity index (χ2n) is 6.54. The zero-order valence-corrected chi connectivity index (χ0v) is 15.5. The van der Waals surface area contributed by atoms with E-state index in [0.29, 0.717) is 44.2 Å². The van der Waals surface area contributed by atoms with E-state index in [1.807, 2.05) is 6.92 Å². The smallest absolute Gasteiger partial charge is 0.401 e. The zero-order chi connectivity index (χ0) is 19.9. The van der Waals surface area contributed by atoms with Gasteiger partial charge in [0, 0.05) is 32.2 Å². The maximum atomic E-state index is 13.3. The number of rotatable bonds is 7. The lowest BCUT2D eigenvalue weighted by Crippen LogP contribution is -2.47. The van der Waals surface area contributed by atoms with Crippen molar-refractivity contribution in [3.8, 4) is 5.75 Å². The third-order valence-corrected chi connectivity index (χ3v) is 4.29. The van der Waals surface area contributed by atoms with E-state index in [9.17, 15) is 17.6 Å². The van der Waals surface area contributed by atoms with Gasteiger partial charge in [0.25, 0.3) is 0 Å². The normalized spacial score (nSPS) is 19.8. The molecule has 2 rings (SSSR count). The number of halogens is 4. The molecule has 0 aromatic heterocycles. The number of hydrogen-bond acceptors (Lipinski definition) is 3. The molecule has 1 aliphatic rings. The van der Waals surface area contributed by atoms with E-state index < -0.39 is 12.7 Å². The number of benzene rings is 1. The average Bonchev–Trinajstić information content (AvgIpc) is 3.02. The minimum Gasteiger partial charge on any atom is -0.489 e. The van der Waals surface area contributed by atoms with Gasteiger partial charge in [0.05, 0.1) is 13.1 Å². The van der Waals surface area contributed by atoms with Gasteiger partial charge in [-0.15, -0.1) is 0 Å². The van der Waals surface area contributed by atoms with E-state index in [0.717, 1.165) is 0 Å². The van der Waals surface area contributed by atoms with Crippen LogP contribution < -0.4 is 15.4 Å². The van der Waals surface area contributed by atoms with Crippen LogP contribution >= 0.6 is 0 Å². The van der Waals surface area contributed by atoms with Gasteiger partial charge >= 0.3 is 6.18 Å². The number of likely N-dealkylation sites (tertiary alicyclic amines) is 1. The van der Waals surface area contributed by atoms with Gasteiger partial charge in [0.2, 0.25) is 0 Å². The third-order valence-electron chi connectivity index (χ3n) is 4.29. The van der Waals surface area contributed by atoms with Crippen molar-refractivity contribution < 1.29 is 22.3 Å². The van der Waals surface area contributed by atoms with Crippen LogP contribution in [0.3, 0.4) is 0 Å². The number of nitrogens with one attached hydrogen (secondary N) is 2. The Kier molecular flexibility index (Phi) is 7.70. The Hall–Kier alpha value is -2.03. The Morgan fingerprint density at radius 2 is 2.19 bits per heavy atom. The van der Waals surface area contributed by atoms with Crippen molar-refractivity contribution in [1.29, 1.82) is 0 Å². The van der Waals surface area contributed by atoms with Crippen molar-refractivity contribution in [3.63, 3.8) is 0 Å². The van der Waals surface area contributed by atoms with Crippen LogP contribution in [0.1, 0.15) is 19.8 Å². The summed E-state index contributed by atoms with van der Waals surface area (Å²) in [6, 6.07) is 5.85. The van der Waals surface area contributed by atoms with Crippen LogP contribution in [-0.2, 0) is 0 Å². The van der Waals surface area contributed by atoms with Crippen molar-refractivity contribution in [2.45, 2.75) is 38.1 Å². The van der Waals surface area contributed by atoms with Crippen LogP contribution in [0.4, 0.5) is 17.6 Å². The van der Waals surface area contributed by atoms with E-state index in [-0.39, 0.29) is 18.0 Å². The topological polar surface area (TPSA) is 48.9 Å². The van der Waals surface area contributed by atoms with Crippen LogP contribution in [0.25, 0.3) is 0 Å². The molecule has 9 heteroatoms. The number of ether oxygens (including phenoxy) is 1. The fourth-order valence-electron chi connectivity index (χ4n) is 2.95. The molecule has 0 aliphatic carbocycles. The fraction of sp³-hybridized carbons (Fsp3) is 0.611. The SMILES string of the molecule is CCC(CNC(=NC)NC1CCN(CC(F)(F)F)C1)Oc1cccc(F)c1. The monoisotopic (exact) mass is 390 g/mol. The van der Waals surface area contributed by atoms with Crippen molar-refractivity contribution in [2.24, 2.45) is 4.99 Å². The summed E-state index contributed by atoms with van der Waals surface area (Å²) < 4.78 is 56.5. The lowest BCUT2D eigenvalue weighted by Gasteiger charge is -2.22. The van der Waals surface area contributed by atoms with Gasteiger partial charge in [-0.05, 0) is 25.0 Å². The van der Waals surface area contributed by atoms with E-state index in [1.165, 1.54) is 17.0 Å². The Bertz CT molecular complexity index is 624. The summed E-state index contributed by atoms with van der Waals surface area (Å²) in [5.74, 6) is 0.595. The van der Waals surface area contributed by atoms with Crippen LogP contribution in [0.2, 0.25) is 0 Å². The molecule has 1 aliphatic heterocycles. The lowest BCUT2D eigenvalue weighted by molar-refractivity contribution is -0.143. The molecule has 0 spiro atoms. The van der Waals surface area contributed by atoms with Crippen LogP contribution in [0.15, 0.2) is 29.3 Å². The summed E-state index contributed by atoms with van der Waals surface area (Å²) in [5.41, 5.74) is 0. The highest BCUT2D eigenvalue weighted by Crippen LogP contribution is 2.20. The third kappa shape index (κ3) is 7.62. The van der Waals surface area contributed by atoms with Crippen molar-refractivity contribution in [3.05, 3.63) is 30.1 Å². The molecule has 1 fully saturated rings. The molecular formula is C18H26F4N4O. The lowest BCUT2D eigenvalue weighted by atomic mass is 10.2. The molecule has 2 unspecified atom stereocenters. The van der Waals surface area contributed by atoms with E-state index in [1.54, 1.807) is 19.2 Å². The summed E-state index contributed by atoms with van der Waals surface area (Å²) >= 11 is 0. The largest absolute Gasteiger partial charge is 0.489 e. The van der Waals surface area contributed by atoms with Gasteiger partial charge in [0.15, 0.2) is 5.96 Å². The number of guanidine groups is 1. The van der Waals surface area contributed by atoms with Crippen molar-refractivity contribution in [1.82, 2.24) is 15.5 Å². The minimum absolute atomic E-state index is 0.0947. The second kappa shape index (κ2) is 9.77. The maximum absolute atomic E-state index is 13.3. The zero-order valence-electron chi connectivity index (χ0n) is 15.5. The number of alkyl halides is 3. The quantitative estimate of drug-likeness (QED) is 0.427. The summed E-state index contributed by atoms with van der Waals surface area (Å²) in [7, 11) is 1.60. The Morgan fingerprint density at radius 3 is 2.81 bits per heavy atom. The highest BCUT2D eigenvalue weighted by molar-refractivity contribution is 5.80. The van der Waals surface area contributed by atoms with Crippen LogP contribution in [0.5, 0.6) is 5.75 Å². The van der Waals surface area contributed by atoms with Gasteiger partial charge in [-0.1, -0.05) is 13.0 Å². The molecule has 2 N–H and O–H groups in total. The van der Waals surface area contributed by atoms with Gasteiger partial charge in [0.1, 0.15) is 17.7 Å². The molecule has 1 saturated heterocycles. The first-order chi connectivity index (χ1) is 12.8. The highest BCUT2D eigenvalue weighted by Gasteiger charge is 2.34. The molecule has 0 bridgehead atoms. The molecule has 152 valence electrons. The summed E-state index contributed by atoms with van der Waals surface area (Å²) in [6.45, 7) is 2.21. The Labute approximate surface area is 156 Å². The predicted molar refractivity (Wildman–Crippen MR) is 96.5 cm³/mol. The first-order valence-electron chi connectivity index (χ1n) is 8.97. The molecule has 1 aromatic rings. The van der Waals surface area contributed by atoms with E-state index >= 15 is 0 Å². The van der Waals surface area contributed by atoms with Crippen molar-refractivity contribution in [2.75, 3.05) is 33.2 Å². The van der Waals surface area contributed by atoms with Crippen molar-refractivity contribution >= 4 is 5.96 Å².